The number of nitro groups is 1. The number of hydrogen-bond acceptors (Lipinski definition) is 7. The zero-order valence-electron chi connectivity index (χ0n) is 15.7. The highest BCUT2D eigenvalue weighted by molar-refractivity contribution is 5.87. The summed E-state index contributed by atoms with van der Waals surface area (Å²) in [6, 6.07) is 16.5. The van der Waals surface area contributed by atoms with E-state index in [9.17, 15) is 10.1 Å². The van der Waals surface area contributed by atoms with E-state index in [1.807, 2.05) is 18.2 Å². The number of nitro benzene ring substituents is 1. The van der Waals surface area contributed by atoms with Crippen LogP contribution in [-0.4, -0.2) is 25.1 Å². The normalized spacial score (nSPS) is 11.9. The highest BCUT2D eigenvalue weighted by atomic mass is 16.6. The van der Waals surface area contributed by atoms with Crippen LogP contribution in [0, 0.1) is 10.1 Å². The van der Waals surface area contributed by atoms with E-state index < -0.39 is 4.92 Å². The topological polar surface area (TPSA) is 122 Å². The lowest BCUT2D eigenvalue weighted by Gasteiger charge is -2.16. The Labute approximate surface area is 166 Å². The molecule has 0 fully saturated rings. The Morgan fingerprint density at radius 1 is 1.10 bits per heavy atom. The lowest BCUT2D eigenvalue weighted by Crippen LogP contribution is -2.11. The van der Waals surface area contributed by atoms with Crippen LogP contribution in [0.15, 0.2) is 60.8 Å². The van der Waals surface area contributed by atoms with E-state index in [0.29, 0.717) is 24.0 Å². The first kappa shape index (κ1) is 18.4. The summed E-state index contributed by atoms with van der Waals surface area (Å²) in [6.07, 6.45) is 1.69. The van der Waals surface area contributed by atoms with Crippen LogP contribution in [-0.2, 0) is 6.54 Å². The van der Waals surface area contributed by atoms with Gasteiger partial charge in [0.05, 0.1) is 16.5 Å². The minimum absolute atomic E-state index is 0.0479. The third-order valence-corrected chi connectivity index (χ3v) is 4.56. The molecule has 0 radical (unpaired) electrons. The van der Waals surface area contributed by atoms with Crippen molar-refractivity contribution in [2.45, 2.75) is 19.5 Å². The van der Waals surface area contributed by atoms with Crippen LogP contribution in [0.1, 0.15) is 24.1 Å². The van der Waals surface area contributed by atoms with Crippen LogP contribution in [0.5, 0.6) is 0 Å². The quantitative estimate of drug-likeness (QED) is 0.322. The third-order valence-electron chi connectivity index (χ3n) is 4.56. The first-order valence-electron chi connectivity index (χ1n) is 9.10. The minimum atomic E-state index is -0.418. The number of nitrogens with zero attached hydrogens (tertiary/aromatic N) is 4. The molecule has 0 amide bonds. The average molecular weight is 389 g/mol. The van der Waals surface area contributed by atoms with E-state index in [1.54, 1.807) is 18.3 Å². The molecule has 0 unspecified atom stereocenters. The van der Waals surface area contributed by atoms with Crippen molar-refractivity contribution < 1.29 is 4.92 Å². The van der Waals surface area contributed by atoms with Crippen LogP contribution in [0.25, 0.3) is 11.0 Å². The van der Waals surface area contributed by atoms with Gasteiger partial charge >= 0.3 is 0 Å². The highest BCUT2D eigenvalue weighted by Crippen LogP contribution is 2.25. The maximum Gasteiger partial charge on any atom is 0.269 e. The van der Waals surface area contributed by atoms with Gasteiger partial charge in [-0.05, 0) is 18.1 Å². The molecular weight excluding hydrogens is 370 g/mol. The highest BCUT2D eigenvalue weighted by Gasteiger charge is 2.13. The monoisotopic (exact) mass is 389 g/mol. The SMILES string of the molecule is C[C@@H](Nc1nc(NCc2ccc([N+](=O)[O-])cc2)nc2[nH]ncc12)c1ccccc1. The Hall–Kier alpha value is -4.01. The minimum Gasteiger partial charge on any atom is -0.363 e. The Bertz CT molecular complexity index is 1130. The number of fused-ring (bicyclic) bond motifs is 1. The first-order valence-corrected chi connectivity index (χ1v) is 9.10. The van der Waals surface area contributed by atoms with E-state index in [0.717, 1.165) is 16.5 Å². The largest absolute Gasteiger partial charge is 0.363 e. The van der Waals surface area contributed by atoms with Crippen molar-refractivity contribution in [3.63, 3.8) is 0 Å². The Morgan fingerprint density at radius 2 is 1.86 bits per heavy atom. The summed E-state index contributed by atoms with van der Waals surface area (Å²) in [5, 5.41) is 25.1. The second-order valence-electron chi connectivity index (χ2n) is 6.58. The number of aromatic nitrogens is 4. The van der Waals surface area contributed by atoms with Crippen molar-refractivity contribution in [3.8, 4) is 0 Å². The second-order valence-corrected chi connectivity index (χ2v) is 6.58. The molecule has 0 spiro atoms. The molecule has 4 aromatic rings. The van der Waals surface area contributed by atoms with Crippen molar-refractivity contribution in [1.82, 2.24) is 20.2 Å². The Kier molecular flexibility index (Phi) is 5.02. The number of nitrogens with one attached hydrogen (secondary N) is 3. The second kappa shape index (κ2) is 7.93. The Morgan fingerprint density at radius 3 is 2.59 bits per heavy atom. The predicted octanol–water partition coefficient (Wildman–Crippen LogP) is 4.05. The molecule has 3 N–H and O–H groups in total. The first-order chi connectivity index (χ1) is 14.1. The van der Waals surface area contributed by atoms with Crippen LogP contribution >= 0.6 is 0 Å². The molecule has 0 aliphatic rings. The zero-order chi connectivity index (χ0) is 20.2. The molecule has 0 bridgehead atoms. The summed E-state index contributed by atoms with van der Waals surface area (Å²) in [4.78, 5) is 19.4. The Balaban J connectivity index is 1.53. The smallest absolute Gasteiger partial charge is 0.269 e. The van der Waals surface area contributed by atoms with Crippen molar-refractivity contribution in [1.29, 1.82) is 0 Å². The molecule has 2 heterocycles. The molecule has 9 nitrogen and oxygen atoms in total. The molecule has 0 saturated carbocycles. The van der Waals surface area contributed by atoms with E-state index in [1.165, 1.54) is 12.1 Å². The summed E-state index contributed by atoms with van der Waals surface area (Å²) in [7, 11) is 0. The van der Waals surface area contributed by atoms with Crippen LogP contribution in [0.2, 0.25) is 0 Å². The summed E-state index contributed by atoms with van der Waals surface area (Å²) < 4.78 is 0. The van der Waals surface area contributed by atoms with Gasteiger partial charge in [0.25, 0.3) is 5.69 Å². The molecule has 4 rings (SSSR count). The van der Waals surface area contributed by atoms with Crippen molar-refractivity contribution in [2.75, 3.05) is 10.6 Å². The number of rotatable bonds is 7. The summed E-state index contributed by atoms with van der Waals surface area (Å²) >= 11 is 0. The lowest BCUT2D eigenvalue weighted by molar-refractivity contribution is -0.384. The van der Waals surface area contributed by atoms with Gasteiger partial charge in [-0.25, -0.2) is 0 Å². The molecule has 2 aromatic carbocycles. The third kappa shape index (κ3) is 4.13. The van der Waals surface area contributed by atoms with Gasteiger partial charge in [0.2, 0.25) is 5.95 Å². The summed E-state index contributed by atoms with van der Waals surface area (Å²) in [5.41, 5.74) is 2.71. The number of hydrogen-bond donors (Lipinski definition) is 3. The predicted molar refractivity (Wildman–Crippen MR) is 111 cm³/mol. The standard InChI is InChI=1S/C20H19N7O2/c1-13(15-5-3-2-4-6-15)23-18-17-12-22-26-19(17)25-20(24-18)21-11-14-7-9-16(10-8-14)27(28)29/h2-10,12-13H,11H2,1H3,(H3,21,22,23,24,25,26)/t13-/m1/s1. The maximum absolute atomic E-state index is 10.8. The molecule has 9 heteroatoms. The van der Waals surface area contributed by atoms with Gasteiger partial charge in [-0.1, -0.05) is 42.5 Å². The van der Waals surface area contributed by atoms with Crippen molar-refractivity contribution in [2.24, 2.45) is 0 Å². The molecule has 0 aliphatic heterocycles. The molecule has 0 saturated heterocycles. The van der Waals surface area contributed by atoms with E-state index in [2.05, 4.69) is 49.9 Å². The summed E-state index contributed by atoms with van der Waals surface area (Å²) in [6.45, 7) is 2.50. The fourth-order valence-corrected chi connectivity index (χ4v) is 2.97. The number of H-pyrrole nitrogens is 1. The van der Waals surface area contributed by atoms with Gasteiger partial charge in [0.1, 0.15) is 5.82 Å². The van der Waals surface area contributed by atoms with Gasteiger partial charge in [-0.2, -0.15) is 15.1 Å². The van der Waals surface area contributed by atoms with Gasteiger partial charge in [-0.3, -0.25) is 15.2 Å². The van der Waals surface area contributed by atoms with E-state index in [4.69, 9.17) is 0 Å². The van der Waals surface area contributed by atoms with Crippen LogP contribution in [0.3, 0.4) is 0 Å². The number of benzene rings is 2. The summed E-state index contributed by atoms with van der Waals surface area (Å²) in [5.74, 6) is 1.11. The van der Waals surface area contributed by atoms with Gasteiger partial charge in [-0.15, -0.1) is 0 Å². The molecule has 146 valence electrons. The molecule has 1 atom stereocenters. The fraction of sp³-hybridized carbons (Fsp3) is 0.150. The van der Waals surface area contributed by atoms with Gasteiger partial charge in [0, 0.05) is 24.7 Å². The van der Waals surface area contributed by atoms with Crippen LogP contribution in [0.4, 0.5) is 17.5 Å². The van der Waals surface area contributed by atoms with Crippen molar-refractivity contribution >= 4 is 28.5 Å². The number of aromatic amines is 1. The molecule has 2 aromatic heterocycles. The number of anilines is 2. The van der Waals surface area contributed by atoms with E-state index in [-0.39, 0.29) is 11.7 Å². The van der Waals surface area contributed by atoms with Gasteiger partial charge in [0.15, 0.2) is 5.65 Å². The van der Waals surface area contributed by atoms with Gasteiger partial charge < -0.3 is 10.6 Å². The maximum atomic E-state index is 10.8. The molecule has 29 heavy (non-hydrogen) atoms. The zero-order valence-corrected chi connectivity index (χ0v) is 15.7. The average Bonchev–Trinajstić information content (AvgIpc) is 3.22. The molecular formula is C20H19N7O2. The van der Waals surface area contributed by atoms with Crippen LogP contribution < -0.4 is 10.6 Å². The lowest BCUT2D eigenvalue weighted by atomic mass is 10.1. The van der Waals surface area contributed by atoms with Crippen molar-refractivity contribution in [3.05, 3.63) is 82.0 Å². The fourth-order valence-electron chi connectivity index (χ4n) is 2.97. The molecule has 0 aliphatic carbocycles. The van der Waals surface area contributed by atoms with E-state index >= 15 is 0 Å². The number of non-ortho nitro benzene ring substituents is 1.